The lowest BCUT2D eigenvalue weighted by atomic mass is 10.1. The maximum Gasteiger partial charge on any atom is 0.269 e. The molecule has 0 N–H and O–H groups in total. The second-order valence-corrected chi connectivity index (χ2v) is 5.67. The molecule has 0 saturated heterocycles. The van der Waals surface area contributed by atoms with Crippen molar-refractivity contribution in [2.45, 2.75) is 6.54 Å². The third-order valence-electron chi connectivity index (χ3n) is 3.63. The van der Waals surface area contributed by atoms with Crippen molar-refractivity contribution in [3.63, 3.8) is 0 Å². The topological polar surface area (TPSA) is 81.9 Å². The van der Waals surface area contributed by atoms with Crippen LogP contribution in [-0.4, -0.2) is 37.0 Å². The van der Waals surface area contributed by atoms with Gasteiger partial charge in [-0.2, -0.15) is 0 Å². The van der Waals surface area contributed by atoms with E-state index in [1.165, 1.54) is 37.3 Å². The molecule has 0 aliphatic heterocycles. The number of nitro benzene ring substituents is 1. The summed E-state index contributed by atoms with van der Waals surface area (Å²) in [5, 5.41) is 11.3. The van der Waals surface area contributed by atoms with E-state index in [1.807, 2.05) is 0 Å². The van der Waals surface area contributed by atoms with Crippen molar-refractivity contribution >= 4 is 23.2 Å². The van der Waals surface area contributed by atoms with Gasteiger partial charge in [-0.3, -0.25) is 14.9 Å². The van der Waals surface area contributed by atoms with Crippen molar-refractivity contribution < 1.29 is 19.2 Å². The van der Waals surface area contributed by atoms with E-state index >= 15 is 0 Å². The average molecular weight is 365 g/mol. The molecule has 0 unspecified atom stereocenters. The van der Waals surface area contributed by atoms with Gasteiger partial charge in [0.1, 0.15) is 11.5 Å². The maximum atomic E-state index is 12.7. The van der Waals surface area contributed by atoms with E-state index in [4.69, 9.17) is 21.1 Å². The molecule has 132 valence electrons. The predicted octanol–water partition coefficient (Wildman–Crippen LogP) is 3.54. The van der Waals surface area contributed by atoms with Crippen LogP contribution in [0.25, 0.3) is 0 Å². The van der Waals surface area contributed by atoms with E-state index < -0.39 is 4.92 Å². The van der Waals surface area contributed by atoms with Crippen LogP contribution in [0.5, 0.6) is 11.5 Å². The monoisotopic (exact) mass is 364 g/mol. The van der Waals surface area contributed by atoms with Crippen molar-refractivity contribution in [1.82, 2.24) is 4.90 Å². The Kier molecular flexibility index (Phi) is 5.82. The van der Waals surface area contributed by atoms with E-state index in [2.05, 4.69) is 0 Å². The number of non-ortho nitro benzene ring substituents is 1. The van der Waals surface area contributed by atoms with Crippen LogP contribution < -0.4 is 9.47 Å². The molecule has 0 saturated carbocycles. The summed E-state index contributed by atoms with van der Waals surface area (Å²) < 4.78 is 10.4. The summed E-state index contributed by atoms with van der Waals surface area (Å²) in [6.07, 6.45) is 0. The molecule has 2 aromatic carbocycles. The van der Waals surface area contributed by atoms with Crippen molar-refractivity contribution in [3.8, 4) is 11.5 Å². The van der Waals surface area contributed by atoms with Crippen LogP contribution in [0.4, 0.5) is 5.69 Å². The third kappa shape index (κ3) is 4.19. The fourth-order valence-electron chi connectivity index (χ4n) is 2.30. The number of ether oxygens (including phenoxy) is 2. The summed E-state index contributed by atoms with van der Waals surface area (Å²) in [5.41, 5.74) is 0.758. The summed E-state index contributed by atoms with van der Waals surface area (Å²) >= 11 is 6.09. The Labute approximate surface area is 149 Å². The number of nitro groups is 1. The first-order valence-electron chi connectivity index (χ1n) is 7.27. The highest BCUT2D eigenvalue weighted by molar-refractivity contribution is 6.31. The van der Waals surface area contributed by atoms with Gasteiger partial charge in [-0.15, -0.1) is 0 Å². The third-order valence-corrected chi connectivity index (χ3v) is 4.00. The fraction of sp³-hybridized carbons (Fsp3) is 0.235. The van der Waals surface area contributed by atoms with Gasteiger partial charge in [0.25, 0.3) is 11.6 Å². The number of rotatable bonds is 6. The molecule has 0 aliphatic carbocycles. The summed E-state index contributed by atoms with van der Waals surface area (Å²) in [6.45, 7) is 0.120. The molecule has 0 spiro atoms. The molecular formula is C17H17ClN2O5. The van der Waals surface area contributed by atoms with Crippen LogP contribution in [0.15, 0.2) is 36.4 Å². The lowest BCUT2D eigenvalue weighted by molar-refractivity contribution is -0.384. The van der Waals surface area contributed by atoms with Crippen molar-refractivity contribution in [1.29, 1.82) is 0 Å². The van der Waals surface area contributed by atoms with Crippen LogP contribution in [0.1, 0.15) is 15.9 Å². The second-order valence-electron chi connectivity index (χ2n) is 5.26. The van der Waals surface area contributed by atoms with Crippen LogP contribution in [0.2, 0.25) is 5.02 Å². The molecule has 0 heterocycles. The van der Waals surface area contributed by atoms with Crippen LogP contribution in [-0.2, 0) is 6.54 Å². The van der Waals surface area contributed by atoms with E-state index in [1.54, 1.807) is 25.2 Å². The number of methoxy groups -OCH3 is 2. The van der Waals surface area contributed by atoms with Gasteiger partial charge in [-0.25, -0.2) is 0 Å². The molecule has 0 aliphatic rings. The highest BCUT2D eigenvalue weighted by Crippen LogP contribution is 2.27. The molecule has 25 heavy (non-hydrogen) atoms. The van der Waals surface area contributed by atoms with Crippen LogP contribution in [0, 0.1) is 10.1 Å². The van der Waals surface area contributed by atoms with E-state index in [0.717, 1.165) is 0 Å². The van der Waals surface area contributed by atoms with Gasteiger partial charge in [0.2, 0.25) is 0 Å². The van der Waals surface area contributed by atoms with Gasteiger partial charge in [-0.1, -0.05) is 11.6 Å². The van der Waals surface area contributed by atoms with Crippen LogP contribution >= 0.6 is 11.6 Å². The quantitative estimate of drug-likeness (QED) is 0.578. The lowest BCUT2D eigenvalue weighted by Crippen LogP contribution is -2.26. The minimum Gasteiger partial charge on any atom is -0.497 e. The summed E-state index contributed by atoms with van der Waals surface area (Å²) in [5.74, 6) is 0.640. The van der Waals surface area contributed by atoms with Crippen molar-refractivity contribution in [3.05, 3.63) is 62.7 Å². The fourth-order valence-corrected chi connectivity index (χ4v) is 2.48. The summed E-state index contributed by atoms with van der Waals surface area (Å²) in [6, 6.07) is 9.00. The number of hydrogen-bond donors (Lipinski definition) is 0. The van der Waals surface area contributed by atoms with Gasteiger partial charge < -0.3 is 14.4 Å². The molecule has 0 atom stereocenters. The Morgan fingerprint density at radius 1 is 1.20 bits per heavy atom. The maximum absolute atomic E-state index is 12.7. The largest absolute Gasteiger partial charge is 0.497 e. The summed E-state index contributed by atoms with van der Waals surface area (Å²) in [7, 11) is 4.57. The lowest BCUT2D eigenvalue weighted by Gasteiger charge is -2.19. The highest BCUT2D eigenvalue weighted by atomic mass is 35.5. The number of benzene rings is 2. The molecular weight excluding hydrogens is 348 g/mol. The van der Waals surface area contributed by atoms with Gasteiger partial charge in [0, 0.05) is 36.8 Å². The first-order valence-corrected chi connectivity index (χ1v) is 7.65. The number of carbonyl (C=O) groups is 1. The molecule has 0 aromatic heterocycles. The number of nitrogens with zero attached hydrogens (tertiary/aromatic N) is 2. The van der Waals surface area contributed by atoms with Crippen LogP contribution in [0.3, 0.4) is 0 Å². The molecule has 0 fully saturated rings. The average Bonchev–Trinajstić information content (AvgIpc) is 2.61. The highest BCUT2D eigenvalue weighted by Gasteiger charge is 2.19. The molecule has 8 heteroatoms. The number of amides is 1. The first-order chi connectivity index (χ1) is 11.9. The Bertz CT molecular complexity index is 810. The standard InChI is InChI=1S/C17H17ClN2O5/c1-19(10-11-8-12(20(22)23)4-7-15(11)18)17(21)14-6-5-13(24-2)9-16(14)25-3/h4-9H,10H2,1-3H3. The molecule has 1 amide bonds. The van der Waals surface area contributed by atoms with Crippen molar-refractivity contribution in [2.75, 3.05) is 21.3 Å². The Balaban J connectivity index is 2.27. The SMILES string of the molecule is COc1ccc(C(=O)N(C)Cc2cc([N+](=O)[O-])ccc2Cl)c(OC)c1. The minimum atomic E-state index is -0.506. The Morgan fingerprint density at radius 2 is 1.92 bits per heavy atom. The molecule has 0 radical (unpaired) electrons. The zero-order chi connectivity index (χ0) is 18.6. The van der Waals surface area contributed by atoms with Gasteiger partial charge in [-0.05, 0) is 23.8 Å². The molecule has 2 rings (SSSR count). The molecule has 2 aromatic rings. The predicted molar refractivity (Wildman–Crippen MR) is 93.4 cm³/mol. The first kappa shape index (κ1) is 18.5. The van der Waals surface area contributed by atoms with Gasteiger partial charge in [0.05, 0.1) is 24.7 Å². The van der Waals surface area contributed by atoms with Gasteiger partial charge >= 0.3 is 0 Å². The Hall–Kier alpha value is -2.80. The molecule has 7 nitrogen and oxygen atoms in total. The number of carbonyl (C=O) groups excluding carboxylic acids is 1. The summed E-state index contributed by atoms with van der Waals surface area (Å²) in [4.78, 5) is 24.5. The number of halogens is 1. The zero-order valence-electron chi connectivity index (χ0n) is 14.0. The molecule has 0 bridgehead atoms. The minimum absolute atomic E-state index is 0.0812. The zero-order valence-corrected chi connectivity index (χ0v) is 14.7. The van der Waals surface area contributed by atoms with E-state index in [9.17, 15) is 14.9 Å². The number of hydrogen-bond acceptors (Lipinski definition) is 5. The normalized spacial score (nSPS) is 10.2. The van der Waals surface area contributed by atoms with Gasteiger partial charge in [0.15, 0.2) is 0 Å². The Morgan fingerprint density at radius 3 is 2.52 bits per heavy atom. The van der Waals surface area contributed by atoms with Crippen molar-refractivity contribution in [2.24, 2.45) is 0 Å². The smallest absolute Gasteiger partial charge is 0.269 e. The van der Waals surface area contributed by atoms with E-state index in [0.29, 0.717) is 27.6 Å². The van der Waals surface area contributed by atoms with E-state index in [-0.39, 0.29) is 18.1 Å². The second kappa shape index (κ2) is 7.85.